The van der Waals surface area contributed by atoms with Crippen molar-refractivity contribution in [1.82, 2.24) is 0 Å². The number of hydrogen-bond acceptors (Lipinski definition) is 2. The molecule has 0 aliphatic rings. The van der Waals surface area contributed by atoms with Crippen LogP contribution in [0.5, 0.6) is 0 Å². The molecule has 0 aliphatic heterocycles. The monoisotopic (exact) mass is 467 g/mol. The number of nitrogens with zero attached hydrogens (tertiary/aromatic N) is 2. The lowest BCUT2D eigenvalue weighted by molar-refractivity contribution is -0.660. The predicted molar refractivity (Wildman–Crippen MR) is 146 cm³/mol. The fraction of sp³-hybridized carbons (Fsp3) is 0.0625. The van der Waals surface area contributed by atoms with Gasteiger partial charge in [-0.15, -0.1) is 11.3 Å². The molecule has 2 aromatic heterocycles. The Morgan fingerprint density at radius 2 is 1.51 bits per heavy atom. The van der Waals surface area contributed by atoms with Crippen LogP contribution < -0.4 is 4.57 Å². The van der Waals surface area contributed by atoms with Crippen molar-refractivity contribution >= 4 is 31.5 Å². The molecule has 3 heteroatoms. The maximum Gasteiger partial charge on any atom is 0.213 e. The lowest BCUT2D eigenvalue weighted by Gasteiger charge is -2.09. The highest BCUT2D eigenvalue weighted by molar-refractivity contribution is 7.26. The molecule has 0 atom stereocenters. The zero-order valence-electron chi connectivity index (χ0n) is 19.6. The van der Waals surface area contributed by atoms with Gasteiger partial charge in [-0.3, -0.25) is 0 Å². The SMILES string of the molecule is Cc1ccc2c(sc3c(-c4ccc(-c5ccccc5)c(C#N)c4)cccc32)c1-c1cccc[n+]1C. The second kappa shape index (κ2) is 8.51. The molecule has 0 spiro atoms. The summed E-state index contributed by atoms with van der Waals surface area (Å²) >= 11 is 1.85. The third-order valence-electron chi connectivity index (χ3n) is 6.72. The third kappa shape index (κ3) is 3.51. The highest BCUT2D eigenvalue weighted by atomic mass is 32.1. The Labute approximate surface area is 209 Å². The van der Waals surface area contributed by atoms with Gasteiger partial charge in [-0.25, -0.2) is 4.57 Å². The summed E-state index contributed by atoms with van der Waals surface area (Å²) in [6, 6.07) is 36.1. The Kier molecular flexibility index (Phi) is 5.17. The number of nitriles is 1. The van der Waals surface area contributed by atoms with Gasteiger partial charge in [-0.05, 0) is 46.9 Å². The molecule has 0 radical (unpaired) electrons. The molecular weight excluding hydrogens is 444 g/mol. The summed E-state index contributed by atoms with van der Waals surface area (Å²) in [6.07, 6.45) is 2.10. The van der Waals surface area contributed by atoms with Crippen molar-refractivity contribution in [1.29, 1.82) is 5.26 Å². The Morgan fingerprint density at radius 1 is 0.714 bits per heavy atom. The number of pyridine rings is 1. The fourth-order valence-corrected chi connectivity index (χ4v) is 6.41. The van der Waals surface area contributed by atoms with Crippen LogP contribution in [0.25, 0.3) is 53.7 Å². The van der Waals surface area contributed by atoms with E-state index in [2.05, 4.69) is 104 Å². The van der Waals surface area contributed by atoms with E-state index in [1.165, 1.54) is 42.6 Å². The molecule has 0 saturated carbocycles. The molecule has 0 amide bonds. The summed E-state index contributed by atoms with van der Waals surface area (Å²) < 4.78 is 4.74. The van der Waals surface area contributed by atoms with Crippen LogP contribution in [0, 0.1) is 18.3 Å². The number of rotatable bonds is 3. The summed E-state index contributed by atoms with van der Waals surface area (Å²) in [5, 5.41) is 12.5. The van der Waals surface area contributed by atoms with Gasteiger partial charge in [0.05, 0.1) is 17.2 Å². The van der Waals surface area contributed by atoms with Crippen LogP contribution >= 0.6 is 11.3 Å². The van der Waals surface area contributed by atoms with E-state index in [9.17, 15) is 5.26 Å². The molecule has 0 aliphatic carbocycles. The average molecular weight is 468 g/mol. The molecule has 6 aromatic rings. The first-order valence-electron chi connectivity index (χ1n) is 11.7. The molecule has 0 saturated heterocycles. The Bertz CT molecular complexity index is 1770. The highest BCUT2D eigenvalue weighted by Gasteiger charge is 2.20. The standard InChI is InChI=1S/C32H23N2S/c1-21-14-16-28-27-12-8-11-26(31(27)35-32(28)30(21)29-13-6-7-18-34(29)2)23-15-17-25(24(19-23)20-33)22-9-4-3-5-10-22/h3-19H,1-2H3/q+1. The van der Waals surface area contributed by atoms with Gasteiger partial charge in [-0.2, -0.15) is 5.26 Å². The van der Waals surface area contributed by atoms with Crippen molar-refractivity contribution in [2.75, 3.05) is 0 Å². The van der Waals surface area contributed by atoms with Gasteiger partial charge in [0.1, 0.15) is 7.05 Å². The topological polar surface area (TPSA) is 27.7 Å². The van der Waals surface area contributed by atoms with E-state index in [0.29, 0.717) is 5.56 Å². The van der Waals surface area contributed by atoms with Crippen LogP contribution in [0.4, 0.5) is 0 Å². The van der Waals surface area contributed by atoms with Crippen LogP contribution in [0.3, 0.4) is 0 Å². The Morgan fingerprint density at radius 3 is 2.31 bits per heavy atom. The maximum atomic E-state index is 9.95. The number of aromatic nitrogens is 1. The van der Waals surface area contributed by atoms with Crippen LogP contribution in [-0.4, -0.2) is 0 Å². The average Bonchev–Trinajstić information content (AvgIpc) is 3.28. The fourth-order valence-electron chi connectivity index (χ4n) is 4.96. The van der Waals surface area contributed by atoms with E-state index in [0.717, 1.165) is 16.7 Å². The van der Waals surface area contributed by atoms with Gasteiger partial charge in [-0.1, -0.05) is 72.8 Å². The lowest BCUT2D eigenvalue weighted by atomic mass is 9.94. The van der Waals surface area contributed by atoms with Crippen LogP contribution in [0.1, 0.15) is 11.1 Å². The van der Waals surface area contributed by atoms with Crippen molar-refractivity contribution < 1.29 is 4.57 Å². The zero-order chi connectivity index (χ0) is 23.9. The highest BCUT2D eigenvalue weighted by Crippen LogP contribution is 2.44. The van der Waals surface area contributed by atoms with E-state index in [1.54, 1.807) is 0 Å². The quantitative estimate of drug-likeness (QED) is 0.242. The van der Waals surface area contributed by atoms with Gasteiger partial charge in [0, 0.05) is 32.3 Å². The molecule has 0 N–H and O–H groups in total. The van der Waals surface area contributed by atoms with Crippen LogP contribution in [-0.2, 0) is 7.05 Å². The first kappa shape index (κ1) is 21.3. The van der Waals surface area contributed by atoms with E-state index in [1.807, 2.05) is 35.6 Å². The predicted octanol–water partition coefficient (Wildman–Crippen LogP) is 8.06. The van der Waals surface area contributed by atoms with Crippen molar-refractivity contribution in [2.24, 2.45) is 7.05 Å². The third-order valence-corrected chi connectivity index (χ3v) is 7.99. The zero-order valence-corrected chi connectivity index (χ0v) is 20.4. The van der Waals surface area contributed by atoms with Crippen LogP contribution in [0.2, 0.25) is 0 Å². The van der Waals surface area contributed by atoms with E-state index < -0.39 is 0 Å². The van der Waals surface area contributed by atoms with Crippen molar-refractivity contribution in [3.05, 3.63) is 114 Å². The lowest BCUT2D eigenvalue weighted by Crippen LogP contribution is -2.30. The Balaban J connectivity index is 1.59. The molecule has 166 valence electrons. The summed E-state index contributed by atoms with van der Waals surface area (Å²) in [4.78, 5) is 0. The molecular formula is C32H23N2S+. The Hall–Kier alpha value is -4.26. The van der Waals surface area contributed by atoms with E-state index >= 15 is 0 Å². The van der Waals surface area contributed by atoms with E-state index in [-0.39, 0.29) is 0 Å². The number of thiophene rings is 1. The largest absolute Gasteiger partial charge is 0.213 e. The second-order valence-electron chi connectivity index (χ2n) is 8.85. The number of fused-ring (bicyclic) bond motifs is 3. The minimum absolute atomic E-state index is 0.694. The molecule has 2 heterocycles. The maximum absolute atomic E-state index is 9.95. The summed E-state index contributed by atoms with van der Waals surface area (Å²) in [7, 11) is 2.10. The number of aryl methyl sites for hydroxylation is 2. The minimum Gasteiger partial charge on any atom is -0.201 e. The van der Waals surface area contributed by atoms with Gasteiger partial charge >= 0.3 is 0 Å². The summed E-state index contributed by atoms with van der Waals surface area (Å²) in [6.45, 7) is 2.19. The molecule has 4 aromatic carbocycles. The van der Waals surface area contributed by atoms with Gasteiger partial charge in [0.2, 0.25) is 5.69 Å². The van der Waals surface area contributed by atoms with Gasteiger partial charge in [0.25, 0.3) is 0 Å². The number of benzene rings is 4. The summed E-state index contributed by atoms with van der Waals surface area (Å²) in [5.74, 6) is 0. The minimum atomic E-state index is 0.694. The first-order chi connectivity index (χ1) is 17.2. The van der Waals surface area contributed by atoms with E-state index in [4.69, 9.17) is 0 Å². The van der Waals surface area contributed by atoms with Crippen molar-refractivity contribution in [3.8, 4) is 39.6 Å². The normalized spacial score (nSPS) is 11.1. The number of hydrogen-bond donors (Lipinski definition) is 0. The van der Waals surface area contributed by atoms with Crippen molar-refractivity contribution in [3.63, 3.8) is 0 Å². The smallest absolute Gasteiger partial charge is 0.201 e. The molecule has 2 nitrogen and oxygen atoms in total. The molecule has 0 bridgehead atoms. The second-order valence-corrected chi connectivity index (χ2v) is 9.87. The molecule has 35 heavy (non-hydrogen) atoms. The summed E-state index contributed by atoms with van der Waals surface area (Å²) in [5.41, 5.74) is 8.73. The molecule has 0 unspecified atom stereocenters. The molecule has 6 rings (SSSR count). The van der Waals surface area contributed by atoms with Gasteiger partial charge in [0.15, 0.2) is 6.20 Å². The first-order valence-corrected chi connectivity index (χ1v) is 12.5. The van der Waals surface area contributed by atoms with Gasteiger partial charge < -0.3 is 0 Å². The molecule has 0 fully saturated rings. The van der Waals surface area contributed by atoms with Crippen LogP contribution in [0.15, 0.2) is 103 Å². The van der Waals surface area contributed by atoms with Crippen molar-refractivity contribution in [2.45, 2.75) is 6.92 Å².